The van der Waals surface area contributed by atoms with Crippen LogP contribution in [0, 0.1) is 10.1 Å². The molecule has 1 aromatic rings. The van der Waals surface area contributed by atoms with Gasteiger partial charge in [0, 0.05) is 49.9 Å². The Labute approximate surface area is 158 Å². The van der Waals surface area contributed by atoms with Crippen LogP contribution in [0.15, 0.2) is 24.3 Å². The molecule has 2 unspecified atom stereocenters. The highest BCUT2D eigenvalue weighted by molar-refractivity contribution is 7.91. The molecule has 2 atom stereocenters. The molecule has 1 aromatic carbocycles. The van der Waals surface area contributed by atoms with Crippen molar-refractivity contribution < 1.29 is 22.9 Å². The molecule has 8 nitrogen and oxygen atoms in total. The van der Waals surface area contributed by atoms with E-state index in [9.17, 15) is 23.3 Å². The molecule has 2 fully saturated rings. The Bertz CT molecular complexity index is 787. The fourth-order valence-electron chi connectivity index (χ4n) is 3.69. The summed E-state index contributed by atoms with van der Waals surface area (Å²) in [6.45, 7) is 1.81. The van der Waals surface area contributed by atoms with Gasteiger partial charge in [0.25, 0.3) is 5.69 Å². The van der Waals surface area contributed by atoms with E-state index in [1.165, 1.54) is 24.3 Å². The molecule has 2 aliphatic heterocycles. The lowest BCUT2D eigenvalue weighted by Crippen LogP contribution is -2.42. The number of rotatable bonds is 8. The number of non-ortho nitro benzene ring substituents is 1. The lowest BCUT2D eigenvalue weighted by Gasteiger charge is -2.30. The van der Waals surface area contributed by atoms with Crippen LogP contribution >= 0.6 is 0 Å². The van der Waals surface area contributed by atoms with Gasteiger partial charge in [-0.1, -0.05) is 0 Å². The Morgan fingerprint density at radius 1 is 1.26 bits per heavy atom. The minimum Gasteiger partial charge on any atom is -0.377 e. The smallest absolute Gasteiger partial charge is 0.269 e. The Balaban J connectivity index is 1.62. The number of hydrogen-bond acceptors (Lipinski definition) is 7. The summed E-state index contributed by atoms with van der Waals surface area (Å²) >= 11 is 0. The van der Waals surface area contributed by atoms with Gasteiger partial charge in [-0.25, -0.2) is 8.42 Å². The van der Waals surface area contributed by atoms with Crippen molar-refractivity contribution in [3.05, 3.63) is 39.9 Å². The third-order valence-electron chi connectivity index (χ3n) is 5.21. The normalized spacial score (nSPS) is 24.3. The summed E-state index contributed by atoms with van der Waals surface area (Å²) in [5.74, 6) is 0.213. The number of carbonyl (C=O) groups excluding carboxylic acids is 1. The summed E-state index contributed by atoms with van der Waals surface area (Å²) in [7, 11) is -3.01. The van der Waals surface area contributed by atoms with E-state index in [-0.39, 0.29) is 41.5 Å². The fourth-order valence-corrected chi connectivity index (χ4v) is 5.46. The van der Waals surface area contributed by atoms with Crippen molar-refractivity contribution in [1.82, 2.24) is 4.90 Å². The van der Waals surface area contributed by atoms with Gasteiger partial charge < -0.3 is 4.74 Å². The van der Waals surface area contributed by atoms with Crippen molar-refractivity contribution >= 4 is 21.3 Å². The van der Waals surface area contributed by atoms with Gasteiger partial charge >= 0.3 is 0 Å². The van der Waals surface area contributed by atoms with Crippen LogP contribution in [0.2, 0.25) is 0 Å². The number of benzene rings is 1. The summed E-state index contributed by atoms with van der Waals surface area (Å²) in [4.78, 5) is 24.7. The maximum absolute atomic E-state index is 12.5. The van der Waals surface area contributed by atoms with Gasteiger partial charge in [-0.3, -0.25) is 19.8 Å². The van der Waals surface area contributed by atoms with Gasteiger partial charge in [0.05, 0.1) is 22.5 Å². The first-order valence-corrected chi connectivity index (χ1v) is 11.0. The topological polar surface area (TPSA) is 107 Å². The Morgan fingerprint density at radius 2 is 2.00 bits per heavy atom. The van der Waals surface area contributed by atoms with Crippen LogP contribution in [-0.4, -0.2) is 67.4 Å². The van der Waals surface area contributed by atoms with E-state index in [2.05, 4.69) is 4.90 Å². The first-order valence-electron chi connectivity index (χ1n) is 9.18. The lowest BCUT2D eigenvalue weighted by atomic mass is 10.1. The van der Waals surface area contributed by atoms with E-state index in [0.29, 0.717) is 25.1 Å². The van der Waals surface area contributed by atoms with E-state index in [1.54, 1.807) is 0 Å². The molecule has 0 aliphatic carbocycles. The minimum absolute atomic E-state index is 0.0530. The zero-order valence-electron chi connectivity index (χ0n) is 15.1. The number of Topliss-reactive ketones (excluding diaryl/α,β-unsaturated/α-hetero) is 1. The molecule has 9 heteroatoms. The van der Waals surface area contributed by atoms with Gasteiger partial charge in [-0.2, -0.15) is 0 Å². The quantitative estimate of drug-likeness (QED) is 0.375. The van der Waals surface area contributed by atoms with E-state index < -0.39 is 14.8 Å². The maximum Gasteiger partial charge on any atom is 0.269 e. The molecule has 0 bridgehead atoms. The average molecular weight is 396 g/mol. The molecular formula is C18H24N2O6S. The number of nitro groups is 1. The number of hydrogen-bond donors (Lipinski definition) is 0. The van der Waals surface area contributed by atoms with Crippen molar-refractivity contribution in [3.8, 4) is 0 Å². The van der Waals surface area contributed by atoms with E-state index in [1.807, 2.05) is 0 Å². The van der Waals surface area contributed by atoms with E-state index in [4.69, 9.17) is 4.74 Å². The highest BCUT2D eigenvalue weighted by atomic mass is 32.2. The van der Waals surface area contributed by atoms with Crippen molar-refractivity contribution in [1.29, 1.82) is 0 Å². The molecule has 0 saturated carbocycles. The number of nitrogens with zero attached hydrogens (tertiary/aromatic N) is 2. The maximum atomic E-state index is 12.5. The minimum atomic E-state index is -3.01. The second kappa shape index (κ2) is 8.45. The highest BCUT2D eigenvalue weighted by Crippen LogP contribution is 2.22. The van der Waals surface area contributed by atoms with Crippen LogP contribution in [0.5, 0.6) is 0 Å². The number of ketones is 1. The molecule has 148 valence electrons. The monoisotopic (exact) mass is 396 g/mol. The first kappa shape index (κ1) is 19.9. The summed E-state index contributed by atoms with van der Waals surface area (Å²) in [6.07, 6.45) is 2.86. The van der Waals surface area contributed by atoms with Gasteiger partial charge in [0.15, 0.2) is 15.6 Å². The van der Waals surface area contributed by atoms with Crippen LogP contribution in [0.4, 0.5) is 5.69 Å². The van der Waals surface area contributed by atoms with Gasteiger partial charge in [0.1, 0.15) is 0 Å². The molecule has 27 heavy (non-hydrogen) atoms. The third-order valence-corrected chi connectivity index (χ3v) is 6.96. The van der Waals surface area contributed by atoms with Crippen LogP contribution in [0.25, 0.3) is 0 Å². The van der Waals surface area contributed by atoms with Crippen LogP contribution in [0.1, 0.15) is 36.0 Å². The SMILES string of the molecule is O=C(CCN(CC1CCCO1)C1CCS(=O)(=O)C1)c1ccc([N+](=O)[O-])cc1. The zero-order chi connectivity index (χ0) is 19.4. The molecule has 3 rings (SSSR count). The average Bonchev–Trinajstić information content (AvgIpc) is 3.27. The second-order valence-electron chi connectivity index (χ2n) is 7.16. The third kappa shape index (κ3) is 5.33. The Hall–Kier alpha value is -1.84. The number of ether oxygens (including phenoxy) is 1. The molecule has 0 amide bonds. The van der Waals surface area contributed by atoms with Crippen molar-refractivity contribution in [2.75, 3.05) is 31.2 Å². The second-order valence-corrected chi connectivity index (χ2v) is 9.39. The standard InChI is InChI=1S/C18H24N2O6S/c21-18(14-3-5-15(6-4-14)20(22)23)7-9-19(12-17-2-1-10-26-17)16-8-11-27(24,25)13-16/h3-6,16-17H,1-2,7-13H2. The van der Waals surface area contributed by atoms with Gasteiger partial charge in [-0.05, 0) is 31.4 Å². The number of nitro benzene ring substituents is 1. The van der Waals surface area contributed by atoms with Crippen molar-refractivity contribution in [3.63, 3.8) is 0 Å². The van der Waals surface area contributed by atoms with E-state index >= 15 is 0 Å². The first-order chi connectivity index (χ1) is 12.8. The largest absolute Gasteiger partial charge is 0.377 e. The predicted octanol–water partition coefficient (Wildman–Crippen LogP) is 1.84. The molecule has 0 N–H and O–H groups in total. The molecule has 2 heterocycles. The summed E-state index contributed by atoms with van der Waals surface area (Å²) in [6, 6.07) is 5.49. The number of sulfone groups is 1. The molecule has 0 aromatic heterocycles. The van der Waals surface area contributed by atoms with E-state index in [0.717, 1.165) is 19.4 Å². The van der Waals surface area contributed by atoms with Crippen LogP contribution in [0.3, 0.4) is 0 Å². The zero-order valence-corrected chi connectivity index (χ0v) is 15.9. The van der Waals surface area contributed by atoms with Crippen molar-refractivity contribution in [2.45, 2.75) is 37.8 Å². The lowest BCUT2D eigenvalue weighted by molar-refractivity contribution is -0.384. The predicted molar refractivity (Wildman–Crippen MR) is 99.6 cm³/mol. The van der Waals surface area contributed by atoms with Gasteiger partial charge in [-0.15, -0.1) is 0 Å². The van der Waals surface area contributed by atoms with Crippen molar-refractivity contribution in [2.24, 2.45) is 0 Å². The summed E-state index contributed by atoms with van der Waals surface area (Å²) < 4.78 is 29.4. The van der Waals surface area contributed by atoms with Crippen LogP contribution in [-0.2, 0) is 14.6 Å². The summed E-state index contributed by atoms with van der Waals surface area (Å²) in [5.41, 5.74) is 0.374. The highest BCUT2D eigenvalue weighted by Gasteiger charge is 2.34. The summed E-state index contributed by atoms with van der Waals surface area (Å²) in [5, 5.41) is 10.7. The Kier molecular flexibility index (Phi) is 6.23. The fraction of sp³-hybridized carbons (Fsp3) is 0.611. The van der Waals surface area contributed by atoms with Gasteiger partial charge in [0.2, 0.25) is 0 Å². The molecule has 0 radical (unpaired) electrons. The molecule has 0 spiro atoms. The molecule has 2 saturated heterocycles. The van der Waals surface area contributed by atoms with Crippen LogP contribution < -0.4 is 0 Å². The Morgan fingerprint density at radius 3 is 2.56 bits per heavy atom. The molecule has 2 aliphatic rings. The molecular weight excluding hydrogens is 372 g/mol. The number of carbonyl (C=O) groups is 1.